The topological polar surface area (TPSA) is 49.3 Å². The number of aryl methyl sites for hydroxylation is 2. The number of hydrogen-bond donors (Lipinski definition) is 2. The summed E-state index contributed by atoms with van der Waals surface area (Å²) in [4.78, 5) is 11.4. The fourth-order valence-electron chi connectivity index (χ4n) is 2.11. The zero-order chi connectivity index (χ0) is 17.2. The Labute approximate surface area is 153 Å². The molecule has 1 aromatic heterocycles. The molecule has 0 aliphatic carbocycles. The Morgan fingerprint density at radius 1 is 1.21 bits per heavy atom. The molecule has 0 fully saturated rings. The molecule has 0 amide bonds. The number of nitrogens with zero attached hydrogens (tertiary/aromatic N) is 2. The number of rotatable bonds is 8. The lowest BCUT2D eigenvalue weighted by Gasteiger charge is -2.11. The second-order valence-corrected chi connectivity index (χ2v) is 7.78. The van der Waals surface area contributed by atoms with E-state index in [0.717, 1.165) is 37.6 Å². The van der Waals surface area contributed by atoms with E-state index in [0.29, 0.717) is 0 Å². The molecular formula is C18H26N4S2. The molecule has 1 heterocycles. The average Bonchev–Trinajstić information content (AvgIpc) is 3.06. The van der Waals surface area contributed by atoms with E-state index in [1.54, 1.807) is 18.4 Å². The molecule has 2 rings (SSSR count). The van der Waals surface area contributed by atoms with Crippen molar-refractivity contribution >= 4 is 29.1 Å². The number of guanidine groups is 1. The molecule has 0 atom stereocenters. The van der Waals surface area contributed by atoms with Crippen LogP contribution in [0, 0.1) is 6.92 Å². The molecule has 2 N–H and O–H groups in total. The summed E-state index contributed by atoms with van der Waals surface area (Å²) in [7, 11) is 1.81. The highest BCUT2D eigenvalue weighted by Crippen LogP contribution is 2.17. The van der Waals surface area contributed by atoms with Gasteiger partial charge in [0.25, 0.3) is 0 Å². The Kier molecular flexibility index (Phi) is 8.12. The van der Waals surface area contributed by atoms with Gasteiger partial charge < -0.3 is 10.6 Å². The predicted molar refractivity (Wildman–Crippen MR) is 106 cm³/mol. The number of hydrogen-bond acceptors (Lipinski definition) is 4. The molecule has 6 heteroatoms. The Hall–Kier alpha value is -1.53. The number of thiazole rings is 1. The van der Waals surface area contributed by atoms with Gasteiger partial charge in [-0.05, 0) is 25.5 Å². The van der Waals surface area contributed by atoms with E-state index < -0.39 is 0 Å². The third kappa shape index (κ3) is 6.53. The maximum absolute atomic E-state index is 4.44. The van der Waals surface area contributed by atoms with Crippen molar-refractivity contribution in [2.75, 3.05) is 25.9 Å². The van der Waals surface area contributed by atoms with Gasteiger partial charge in [-0.15, -0.1) is 23.1 Å². The third-order valence-electron chi connectivity index (χ3n) is 3.49. The smallest absolute Gasteiger partial charge is 0.191 e. The maximum atomic E-state index is 4.44. The minimum absolute atomic E-state index is 0.849. The zero-order valence-electron chi connectivity index (χ0n) is 14.6. The fraction of sp³-hybridized carbons (Fsp3) is 0.444. The Balaban J connectivity index is 1.62. The molecule has 0 bridgehead atoms. The minimum Gasteiger partial charge on any atom is -0.356 e. The number of aromatic nitrogens is 1. The summed E-state index contributed by atoms with van der Waals surface area (Å²) in [6.45, 7) is 6.01. The summed E-state index contributed by atoms with van der Waals surface area (Å²) in [5.74, 6) is 1.86. The van der Waals surface area contributed by atoms with Crippen molar-refractivity contribution in [2.24, 2.45) is 4.99 Å². The highest BCUT2D eigenvalue weighted by molar-refractivity contribution is 7.99. The second-order valence-electron chi connectivity index (χ2n) is 5.41. The number of benzene rings is 1. The Bertz CT molecular complexity index is 635. The predicted octanol–water partition coefficient (Wildman–Crippen LogP) is 3.51. The maximum Gasteiger partial charge on any atom is 0.191 e. The fourth-order valence-corrected chi connectivity index (χ4v) is 3.74. The first-order chi connectivity index (χ1) is 11.7. The summed E-state index contributed by atoms with van der Waals surface area (Å²) >= 11 is 3.65. The molecule has 0 aliphatic heterocycles. The van der Waals surface area contributed by atoms with Crippen molar-refractivity contribution in [3.8, 4) is 0 Å². The molecule has 2 aromatic rings. The van der Waals surface area contributed by atoms with Crippen LogP contribution in [0.1, 0.15) is 22.4 Å². The van der Waals surface area contributed by atoms with Crippen LogP contribution in [0.5, 0.6) is 0 Å². The van der Waals surface area contributed by atoms with Gasteiger partial charge in [-0.3, -0.25) is 4.99 Å². The van der Waals surface area contributed by atoms with Crippen molar-refractivity contribution in [2.45, 2.75) is 31.6 Å². The van der Waals surface area contributed by atoms with Gasteiger partial charge in [-0.2, -0.15) is 0 Å². The summed E-state index contributed by atoms with van der Waals surface area (Å²) < 4.78 is 0. The van der Waals surface area contributed by atoms with E-state index in [9.17, 15) is 0 Å². The third-order valence-corrected chi connectivity index (χ3v) is 5.70. The molecular weight excluding hydrogens is 336 g/mol. The minimum atomic E-state index is 0.849. The van der Waals surface area contributed by atoms with Gasteiger partial charge in [-0.25, -0.2) is 4.98 Å². The van der Waals surface area contributed by atoms with Gasteiger partial charge in [-0.1, -0.05) is 24.6 Å². The van der Waals surface area contributed by atoms with E-state index in [1.165, 1.54) is 20.3 Å². The number of aliphatic imine (C=N–C) groups is 1. The van der Waals surface area contributed by atoms with Crippen molar-refractivity contribution in [3.05, 3.63) is 45.9 Å². The average molecular weight is 363 g/mol. The highest BCUT2D eigenvalue weighted by atomic mass is 32.2. The molecule has 130 valence electrons. The van der Waals surface area contributed by atoms with Crippen molar-refractivity contribution in [1.82, 2.24) is 15.6 Å². The van der Waals surface area contributed by atoms with Gasteiger partial charge in [0.05, 0.1) is 5.01 Å². The Morgan fingerprint density at radius 2 is 1.96 bits per heavy atom. The molecule has 0 saturated heterocycles. The van der Waals surface area contributed by atoms with Crippen LogP contribution in [-0.4, -0.2) is 36.8 Å². The molecule has 0 aliphatic rings. The van der Waals surface area contributed by atoms with E-state index in [2.05, 4.69) is 58.7 Å². The van der Waals surface area contributed by atoms with Crippen LogP contribution >= 0.6 is 23.1 Å². The standard InChI is InChI=1S/C18H26N4S2/c1-4-15-13-22-17(24-15)9-10-20-18(19-3)21-11-12-23-16-7-5-14(2)6-8-16/h5-8,13H,4,9-12H2,1-3H3,(H2,19,20,21). The van der Waals surface area contributed by atoms with Crippen LogP contribution in [0.3, 0.4) is 0 Å². The lowest BCUT2D eigenvalue weighted by atomic mass is 10.2. The van der Waals surface area contributed by atoms with E-state index in [-0.39, 0.29) is 0 Å². The van der Waals surface area contributed by atoms with Gasteiger partial charge in [0.1, 0.15) is 0 Å². The molecule has 0 unspecified atom stereocenters. The summed E-state index contributed by atoms with van der Waals surface area (Å²) in [5, 5.41) is 7.89. The van der Waals surface area contributed by atoms with Crippen molar-refractivity contribution < 1.29 is 0 Å². The van der Waals surface area contributed by atoms with E-state index in [1.807, 2.05) is 18.0 Å². The lowest BCUT2D eigenvalue weighted by molar-refractivity contribution is 0.808. The van der Waals surface area contributed by atoms with Crippen LogP contribution in [0.15, 0.2) is 40.4 Å². The van der Waals surface area contributed by atoms with Gasteiger partial charge >= 0.3 is 0 Å². The molecule has 0 radical (unpaired) electrons. The first kappa shape index (κ1) is 18.8. The molecule has 24 heavy (non-hydrogen) atoms. The second kappa shape index (κ2) is 10.4. The summed E-state index contributed by atoms with van der Waals surface area (Å²) in [5.41, 5.74) is 1.30. The van der Waals surface area contributed by atoms with Crippen molar-refractivity contribution in [3.63, 3.8) is 0 Å². The molecule has 1 aromatic carbocycles. The first-order valence-electron chi connectivity index (χ1n) is 8.29. The van der Waals surface area contributed by atoms with Crippen LogP contribution in [-0.2, 0) is 12.8 Å². The van der Waals surface area contributed by atoms with Crippen LogP contribution < -0.4 is 10.6 Å². The highest BCUT2D eigenvalue weighted by Gasteiger charge is 2.02. The monoisotopic (exact) mass is 362 g/mol. The summed E-state index contributed by atoms with van der Waals surface area (Å²) in [6.07, 6.45) is 3.98. The van der Waals surface area contributed by atoms with E-state index >= 15 is 0 Å². The molecule has 0 saturated carbocycles. The quantitative estimate of drug-likeness (QED) is 0.326. The zero-order valence-corrected chi connectivity index (χ0v) is 16.3. The number of nitrogens with one attached hydrogen (secondary N) is 2. The summed E-state index contributed by atoms with van der Waals surface area (Å²) in [6, 6.07) is 8.65. The molecule has 4 nitrogen and oxygen atoms in total. The SMILES string of the molecule is CCc1cnc(CCNC(=NC)NCCSc2ccc(C)cc2)s1. The molecule has 0 spiro atoms. The van der Waals surface area contributed by atoms with Crippen molar-refractivity contribution in [1.29, 1.82) is 0 Å². The van der Waals surface area contributed by atoms with Gasteiger partial charge in [0, 0.05) is 48.3 Å². The van der Waals surface area contributed by atoms with Crippen LogP contribution in [0.4, 0.5) is 0 Å². The van der Waals surface area contributed by atoms with E-state index in [4.69, 9.17) is 0 Å². The van der Waals surface area contributed by atoms with Crippen LogP contribution in [0.2, 0.25) is 0 Å². The van der Waals surface area contributed by atoms with Gasteiger partial charge in [0.2, 0.25) is 0 Å². The number of thioether (sulfide) groups is 1. The lowest BCUT2D eigenvalue weighted by Crippen LogP contribution is -2.39. The largest absolute Gasteiger partial charge is 0.356 e. The Morgan fingerprint density at radius 3 is 2.62 bits per heavy atom. The van der Waals surface area contributed by atoms with Gasteiger partial charge in [0.15, 0.2) is 5.96 Å². The van der Waals surface area contributed by atoms with Crippen LogP contribution in [0.25, 0.3) is 0 Å². The first-order valence-corrected chi connectivity index (χ1v) is 10.1. The normalized spacial score (nSPS) is 11.5.